The standard InChI is InChI=1S/C17H23NO5/c19-15(10-3-1-2-4-10)6-5-11-12-7-14(13(12)8-16(11)20)18-23-9-17(21)22/h10-13,15-16,19-20H,1-4,7-9H2,(H,21,22)/b18-14-. The molecule has 0 amide bonds. The van der Waals surface area contributed by atoms with Crippen LogP contribution in [0.15, 0.2) is 5.16 Å². The average molecular weight is 321 g/mol. The summed E-state index contributed by atoms with van der Waals surface area (Å²) in [5.41, 5.74) is 0.816. The molecule has 0 bridgehead atoms. The molecular formula is C17H23NO5. The van der Waals surface area contributed by atoms with E-state index in [-0.39, 0.29) is 23.7 Å². The first-order chi connectivity index (χ1) is 11.1. The Balaban J connectivity index is 1.56. The van der Waals surface area contributed by atoms with Crippen molar-refractivity contribution in [3.8, 4) is 11.8 Å². The van der Waals surface area contributed by atoms with E-state index in [0.717, 1.165) is 31.4 Å². The van der Waals surface area contributed by atoms with Crippen LogP contribution in [-0.2, 0) is 9.63 Å². The van der Waals surface area contributed by atoms with E-state index >= 15 is 0 Å². The van der Waals surface area contributed by atoms with Gasteiger partial charge in [0.1, 0.15) is 6.10 Å². The quantitative estimate of drug-likeness (QED) is 0.530. The first-order valence-electron chi connectivity index (χ1n) is 8.34. The number of oxime groups is 1. The number of carbonyl (C=O) groups is 1. The largest absolute Gasteiger partial charge is 0.479 e. The Morgan fingerprint density at radius 1 is 1.39 bits per heavy atom. The second-order valence-corrected chi connectivity index (χ2v) is 6.83. The first-order valence-corrected chi connectivity index (χ1v) is 8.34. The molecule has 0 radical (unpaired) electrons. The van der Waals surface area contributed by atoms with Crippen molar-refractivity contribution in [2.24, 2.45) is 28.8 Å². The van der Waals surface area contributed by atoms with Crippen LogP contribution in [0.1, 0.15) is 38.5 Å². The molecule has 3 N–H and O–H groups in total. The van der Waals surface area contributed by atoms with E-state index in [2.05, 4.69) is 17.0 Å². The van der Waals surface area contributed by atoms with Crippen LogP contribution >= 0.6 is 0 Å². The topological polar surface area (TPSA) is 99.4 Å². The second kappa shape index (κ2) is 6.90. The molecule has 3 rings (SSSR count). The third-order valence-corrected chi connectivity index (χ3v) is 5.37. The van der Waals surface area contributed by atoms with Crippen molar-refractivity contribution in [2.45, 2.75) is 50.7 Å². The molecule has 3 aliphatic carbocycles. The lowest BCUT2D eigenvalue weighted by atomic mass is 9.71. The van der Waals surface area contributed by atoms with E-state index in [4.69, 9.17) is 9.94 Å². The number of aliphatic hydroxyl groups is 2. The van der Waals surface area contributed by atoms with Gasteiger partial charge in [-0.3, -0.25) is 0 Å². The fourth-order valence-electron chi connectivity index (χ4n) is 4.05. The molecular weight excluding hydrogens is 298 g/mol. The minimum absolute atomic E-state index is 0.127. The van der Waals surface area contributed by atoms with Crippen molar-refractivity contribution in [1.29, 1.82) is 0 Å². The minimum Gasteiger partial charge on any atom is -0.479 e. The van der Waals surface area contributed by atoms with E-state index in [0.29, 0.717) is 12.8 Å². The van der Waals surface area contributed by atoms with E-state index in [9.17, 15) is 15.0 Å². The van der Waals surface area contributed by atoms with Crippen LogP contribution in [0.25, 0.3) is 0 Å². The summed E-state index contributed by atoms with van der Waals surface area (Å²) < 4.78 is 0. The van der Waals surface area contributed by atoms with Gasteiger partial charge in [0.2, 0.25) is 6.61 Å². The van der Waals surface area contributed by atoms with Crippen LogP contribution in [0.2, 0.25) is 0 Å². The predicted molar refractivity (Wildman–Crippen MR) is 82.5 cm³/mol. The minimum atomic E-state index is -1.05. The monoisotopic (exact) mass is 321 g/mol. The average Bonchev–Trinajstić information content (AvgIpc) is 3.10. The molecule has 23 heavy (non-hydrogen) atoms. The third-order valence-electron chi connectivity index (χ3n) is 5.37. The zero-order chi connectivity index (χ0) is 16.4. The van der Waals surface area contributed by atoms with E-state index in [1.807, 2.05) is 0 Å². The summed E-state index contributed by atoms with van der Waals surface area (Å²) in [4.78, 5) is 15.2. The van der Waals surface area contributed by atoms with Crippen molar-refractivity contribution < 1.29 is 25.0 Å². The lowest BCUT2D eigenvalue weighted by Gasteiger charge is -2.33. The van der Waals surface area contributed by atoms with Crippen molar-refractivity contribution in [3.05, 3.63) is 0 Å². The molecule has 0 aromatic rings. The maximum Gasteiger partial charge on any atom is 0.344 e. The number of carboxylic acids is 1. The van der Waals surface area contributed by atoms with Gasteiger partial charge in [-0.2, -0.15) is 0 Å². The van der Waals surface area contributed by atoms with Crippen molar-refractivity contribution in [3.63, 3.8) is 0 Å². The lowest BCUT2D eigenvalue weighted by Crippen LogP contribution is -2.36. The van der Waals surface area contributed by atoms with Gasteiger partial charge in [-0.1, -0.05) is 29.8 Å². The number of nitrogens with zero attached hydrogens (tertiary/aromatic N) is 1. The van der Waals surface area contributed by atoms with E-state index < -0.39 is 24.8 Å². The van der Waals surface area contributed by atoms with Crippen LogP contribution in [0.5, 0.6) is 0 Å². The number of aliphatic hydroxyl groups excluding tert-OH is 2. The zero-order valence-corrected chi connectivity index (χ0v) is 13.0. The molecule has 5 unspecified atom stereocenters. The molecule has 3 saturated carbocycles. The summed E-state index contributed by atoms with van der Waals surface area (Å²) in [6.45, 7) is -0.444. The Morgan fingerprint density at radius 3 is 2.83 bits per heavy atom. The molecule has 6 nitrogen and oxygen atoms in total. The fourth-order valence-corrected chi connectivity index (χ4v) is 4.05. The number of carboxylic acid groups (broad SMARTS) is 1. The molecule has 5 atom stereocenters. The third kappa shape index (κ3) is 3.51. The Bertz CT molecular complexity index is 543. The molecule has 6 heteroatoms. The molecule has 0 heterocycles. The van der Waals surface area contributed by atoms with Crippen LogP contribution in [0.3, 0.4) is 0 Å². The Labute approximate surface area is 135 Å². The van der Waals surface area contributed by atoms with Crippen LogP contribution in [0.4, 0.5) is 0 Å². The fraction of sp³-hybridized carbons (Fsp3) is 0.765. The highest BCUT2D eigenvalue weighted by Crippen LogP contribution is 2.48. The molecule has 0 aromatic heterocycles. The first kappa shape index (κ1) is 16.3. The molecule has 126 valence electrons. The Morgan fingerprint density at radius 2 is 2.13 bits per heavy atom. The number of hydrogen-bond donors (Lipinski definition) is 3. The van der Waals surface area contributed by atoms with Crippen LogP contribution < -0.4 is 0 Å². The smallest absolute Gasteiger partial charge is 0.344 e. The Hall–Kier alpha value is -1.58. The molecule has 0 aromatic carbocycles. The lowest BCUT2D eigenvalue weighted by molar-refractivity contribution is -0.142. The van der Waals surface area contributed by atoms with Crippen LogP contribution in [-0.4, -0.2) is 45.8 Å². The van der Waals surface area contributed by atoms with Gasteiger partial charge in [-0.15, -0.1) is 0 Å². The van der Waals surface area contributed by atoms with Gasteiger partial charge in [0.15, 0.2) is 0 Å². The molecule has 0 saturated heterocycles. The van der Waals surface area contributed by atoms with Gasteiger partial charge >= 0.3 is 5.97 Å². The summed E-state index contributed by atoms with van der Waals surface area (Å²) in [5, 5.41) is 32.7. The molecule has 3 fully saturated rings. The van der Waals surface area contributed by atoms with E-state index in [1.54, 1.807) is 0 Å². The summed E-state index contributed by atoms with van der Waals surface area (Å²) in [7, 11) is 0. The number of rotatable bonds is 4. The highest BCUT2D eigenvalue weighted by Gasteiger charge is 2.51. The highest BCUT2D eigenvalue weighted by atomic mass is 16.6. The van der Waals surface area contributed by atoms with Gasteiger partial charge in [0.25, 0.3) is 0 Å². The SMILES string of the molecule is O=C(O)CO/N=C1/CC2C1CC(O)C2C#CC(O)C1CCCC1. The maximum atomic E-state index is 10.4. The van der Waals surface area contributed by atoms with Gasteiger partial charge in [-0.25, -0.2) is 4.79 Å². The van der Waals surface area contributed by atoms with Gasteiger partial charge in [0, 0.05) is 5.92 Å². The zero-order valence-electron chi connectivity index (χ0n) is 13.0. The summed E-state index contributed by atoms with van der Waals surface area (Å²) >= 11 is 0. The van der Waals surface area contributed by atoms with Crippen LogP contribution in [0, 0.1) is 35.5 Å². The normalized spacial score (nSPS) is 36.0. The second-order valence-electron chi connectivity index (χ2n) is 6.83. The number of aliphatic carboxylic acids is 1. The number of fused-ring (bicyclic) bond motifs is 1. The predicted octanol–water partition coefficient (Wildman–Crippen LogP) is 1.01. The number of hydrogen-bond acceptors (Lipinski definition) is 5. The van der Waals surface area contributed by atoms with E-state index in [1.165, 1.54) is 0 Å². The van der Waals surface area contributed by atoms with Gasteiger partial charge in [0.05, 0.1) is 17.7 Å². The van der Waals surface area contributed by atoms with Crippen molar-refractivity contribution >= 4 is 11.7 Å². The maximum absolute atomic E-state index is 10.4. The highest BCUT2D eigenvalue weighted by molar-refractivity contribution is 5.93. The van der Waals surface area contributed by atoms with Gasteiger partial charge in [-0.05, 0) is 37.5 Å². The molecule has 0 spiro atoms. The van der Waals surface area contributed by atoms with Crippen molar-refractivity contribution in [2.75, 3.05) is 6.61 Å². The van der Waals surface area contributed by atoms with Crippen molar-refractivity contribution in [1.82, 2.24) is 0 Å². The summed E-state index contributed by atoms with van der Waals surface area (Å²) in [6, 6.07) is 0. The molecule has 0 aliphatic heterocycles. The summed E-state index contributed by atoms with van der Waals surface area (Å²) in [6.07, 6.45) is 4.56. The molecule has 3 aliphatic rings. The summed E-state index contributed by atoms with van der Waals surface area (Å²) in [5.74, 6) is 5.50. The van der Waals surface area contributed by atoms with Gasteiger partial charge < -0.3 is 20.2 Å². The Kier molecular flexibility index (Phi) is 4.88.